The smallest absolute Gasteiger partial charge is 0.0610 e. The van der Waals surface area contributed by atoms with E-state index in [1.54, 1.807) is 0 Å². The van der Waals surface area contributed by atoms with Crippen molar-refractivity contribution in [1.29, 1.82) is 0 Å². The van der Waals surface area contributed by atoms with Crippen LogP contribution >= 0.6 is 0 Å². The summed E-state index contributed by atoms with van der Waals surface area (Å²) in [5, 5.41) is 13.2. The van der Waals surface area contributed by atoms with Gasteiger partial charge in [0.2, 0.25) is 0 Å². The van der Waals surface area contributed by atoms with Gasteiger partial charge in [0.05, 0.1) is 6.61 Å². The number of aliphatic hydroxyl groups is 1. The lowest BCUT2D eigenvalue weighted by atomic mass is 9.95. The molecule has 3 unspecified atom stereocenters. The van der Waals surface area contributed by atoms with E-state index >= 15 is 0 Å². The number of likely N-dealkylation sites (tertiary alicyclic amines) is 1. The summed E-state index contributed by atoms with van der Waals surface area (Å²) in [6.45, 7) is 8.46. The van der Waals surface area contributed by atoms with Crippen LogP contribution in [0.15, 0.2) is 0 Å². The normalized spacial score (nSPS) is 30.0. The molecule has 4 nitrogen and oxygen atoms in total. The average Bonchev–Trinajstić information content (AvgIpc) is 3.15. The van der Waals surface area contributed by atoms with Gasteiger partial charge >= 0.3 is 0 Å². The molecule has 21 heavy (non-hydrogen) atoms. The van der Waals surface area contributed by atoms with Crippen LogP contribution < -0.4 is 5.32 Å². The van der Waals surface area contributed by atoms with Crippen molar-refractivity contribution in [2.75, 3.05) is 40.3 Å². The highest BCUT2D eigenvalue weighted by Crippen LogP contribution is 2.25. The summed E-state index contributed by atoms with van der Waals surface area (Å²) >= 11 is 0. The fraction of sp³-hybridized carbons (Fsp3) is 1.00. The van der Waals surface area contributed by atoms with Gasteiger partial charge in [0.25, 0.3) is 0 Å². The van der Waals surface area contributed by atoms with Gasteiger partial charge in [-0.2, -0.15) is 0 Å². The third-order valence-corrected chi connectivity index (χ3v) is 5.24. The quantitative estimate of drug-likeness (QED) is 0.633. The van der Waals surface area contributed by atoms with Crippen LogP contribution in [0.3, 0.4) is 0 Å². The molecule has 2 fully saturated rings. The summed E-state index contributed by atoms with van der Waals surface area (Å²) < 4.78 is 0. The first-order valence-corrected chi connectivity index (χ1v) is 8.71. The lowest BCUT2D eigenvalue weighted by molar-refractivity contribution is 0.159. The van der Waals surface area contributed by atoms with Crippen molar-refractivity contribution in [1.82, 2.24) is 15.1 Å². The van der Waals surface area contributed by atoms with E-state index in [0.717, 1.165) is 12.3 Å². The Kier molecular flexibility index (Phi) is 6.06. The van der Waals surface area contributed by atoms with Crippen LogP contribution in [0.1, 0.15) is 46.0 Å². The zero-order valence-electron chi connectivity index (χ0n) is 14.4. The molecule has 0 aromatic rings. The van der Waals surface area contributed by atoms with E-state index in [-0.39, 0.29) is 12.1 Å². The van der Waals surface area contributed by atoms with E-state index in [2.05, 4.69) is 43.1 Å². The predicted molar refractivity (Wildman–Crippen MR) is 88.6 cm³/mol. The maximum atomic E-state index is 9.62. The maximum Gasteiger partial charge on any atom is 0.0610 e. The first kappa shape index (κ1) is 17.2. The number of hydrogen-bond donors (Lipinski definition) is 2. The summed E-state index contributed by atoms with van der Waals surface area (Å²) in [5.41, 5.74) is -0.0638. The fourth-order valence-corrected chi connectivity index (χ4v) is 3.67. The third-order valence-electron chi connectivity index (χ3n) is 5.24. The van der Waals surface area contributed by atoms with Crippen molar-refractivity contribution in [2.45, 2.75) is 63.6 Å². The molecule has 3 atom stereocenters. The second kappa shape index (κ2) is 7.40. The molecule has 0 amide bonds. The molecule has 0 bridgehead atoms. The Morgan fingerprint density at radius 1 is 1.24 bits per heavy atom. The van der Waals surface area contributed by atoms with Crippen LogP contribution in [0.25, 0.3) is 0 Å². The summed E-state index contributed by atoms with van der Waals surface area (Å²) in [7, 11) is 4.39. The number of unbranched alkanes of at least 4 members (excludes halogenated alkanes) is 1. The summed E-state index contributed by atoms with van der Waals surface area (Å²) in [6, 6.07) is 1.38. The average molecular weight is 297 g/mol. The second-order valence-electron chi connectivity index (χ2n) is 7.86. The molecule has 2 N–H and O–H groups in total. The molecular weight excluding hydrogens is 262 g/mol. The highest BCUT2D eigenvalue weighted by molar-refractivity contribution is 4.92. The molecule has 0 radical (unpaired) electrons. The molecule has 1 heterocycles. The number of aliphatic hydroxyl groups excluding tert-OH is 1. The maximum absolute atomic E-state index is 9.62. The molecule has 4 heteroatoms. The Morgan fingerprint density at radius 3 is 2.48 bits per heavy atom. The zero-order chi connectivity index (χ0) is 15.5. The van der Waals surface area contributed by atoms with Gasteiger partial charge in [-0.25, -0.2) is 0 Å². The second-order valence-corrected chi connectivity index (χ2v) is 7.86. The number of likely N-dealkylation sites (N-methyl/N-ethyl adjacent to an activating group) is 1. The van der Waals surface area contributed by atoms with Gasteiger partial charge in [-0.05, 0) is 59.2 Å². The molecule has 1 aliphatic carbocycles. The third kappa shape index (κ3) is 5.20. The summed E-state index contributed by atoms with van der Waals surface area (Å²) in [4.78, 5) is 4.98. The fourth-order valence-electron chi connectivity index (χ4n) is 3.67. The van der Waals surface area contributed by atoms with Crippen LogP contribution in [0, 0.1) is 5.92 Å². The van der Waals surface area contributed by atoms with Crippen LogP contribution in [0.5, 0.6) is 0 Å². The van der Waals surface area contributed by atoms with Gasteiger partial charge in [-0.15, -0.1) is 0 Å². The van der Waals surface area contributed by atoms with Crippen molar-refractivity contribution >= 4 is 0 Å². The first-order chi connectivity index (χ1) is 9.93. The van der Waals surface area contributed by atoms with Gasteiger partial charge in [0, 0.05) is 30.7 Å². The number of rotatable bonds is 9. The predicted octanol–water partition coefficient (Wildman–Crippen LogP) is 1.54. The topological polar surface area (TPSA) is 38.7 Å². The molecule has 2 aliphatic rings. The van der Waals surface area contributed by atoms with Gasteiger partial charge in [0.15, 0.2) is 0 Å². The number of nitrogens with one attached hydrogen (secondary N) is 1. The molecule has 2 rings (SSSR count). The Balaban J connectivity index is 1.63. The minimum Gasteiger partial charge on any atom is -0.394 e. The van der Waals surface area contributed by atoms with E-state index in [9.17, 15) is 5.11 Å². The molecule has 1 aliphatic heterocycles. The highest BCUT2D eigenvalue weighted by atomic mass is 16.3. The Labute approximate surface area is 130 Å². The minimum absolute atomic E-state index is 0.0638. The van der Waals surface area contributed by atoms with Crippen molar-refractivity contribution in [3.8, 4) is 0 Å². The summed E-state index contributed by atoms with van der Waals surface area (Å²) in [6.07, 6.45) is 6.10. The molecule has 0 aromatic heterocycles. The Hall–Kier alpha value is -0.160. The standard InChI is InChI=1S/C17H35N3O/c1-14-11-20(12-16(14)19(3)4)10-6-5-9-17(2,13-21)18-15-7-8-15/h14-16,18,21H,5-13H2,1-4H3. The molecule has 0 aromatic carbocycles. The minimum atomic E-state index is -0.0638. The SMILES string of the molecule is CC1CN(CCCCC(C)(CO)NC2CC2)CC1N(C)C. The molecule has 0 spiro atoms. The lowest BCUT2D eigenvalue weighted by Gasteiger charge is -2.29. The Bertz CT molecular complexity index is 319. The van der Waals surface area contributed by atoms with E-state index in [0.29, 0.717) is 12.1 Å². The Morgan fingerprint density at radius 2 is 1.95 bits per heavy atom. The van der Waals surface area contributed by atoms with Crippen LogP contribution in [-0.2, 0) is 0 Å². The van der Waals surface area contributed by atoms with Gasteiger partial charge in [0.1, 0.15) is 0 Å². The van der Waals surface area contributed by atoms with Crippen LogP contribution in [0.2, 0.25) is 0 Å². The number of nitrogens with zero attached hydrogens (tertiary/aromatic N) is 2. The number of hydrogen-bond acceptors (Lipinski definition) is 4. The van der Waals surface area contributed by atoms with Crippen molar-refractivity contribution in [3.63, 3.8) is 0 Å². The monoisotopic (exact) mass is 297 g/mol. The first-order valence-electron chi connectivity index (χ1n) is 8.71. The van der Waals surface area contributed by atoms with E-state index < -0.39 is 0 Å². The molecule has 124 valence electrons. The molecular formula is C17H35N3O. The zero-order valence-corrected chi connectivity index (χ0v) is 14.4. The van der Waals surface area contributed by atoms with Crippen molar-refractivity contribution in [3.05, 3.63) is 0 Å². The van der Waals surface area contributed by atoms with E-state index in [1.807, 2.05) is 0 Å². The molecule has 1 saturated carbocycles. The molecule has 1 saturated heterocycles. The highest BCUT2D eigenvalue weighted by Gasteiger charge is 2.32. The summed E-state index contributed by atoms with van der Waals surface area (Å²) in [5.74, 6) is 0.777. The van der Waals surface area contributed by atoms with E-state index in [4.69, 9.17) is 0 Å². The van der Waals surface area contributed by atoms with Crippen LogP contribution in [-0.4, -0.2) is 72.9 Å². The largest absolute Gasteiger partial charge is 0.394 e. The van der Waals surface area contributed by atoms with Gasteiger partial charge in [-0.1, -0.05) is 13.3 Å². The van der Waals surface area contributed by atoms with Crippen molar-refractivity contribution in [2.24, 2.45) is 5.92 Å². The van der Waals surface area contributed by atoms with Gasteiger partial charge < -0.3 is 20.2 Å². The van der Waals surface area contributed by atoms with Gasteiger partial charge in [-0.3, -0.25) is 0 Å². The van der Waals surface area contributed by atoms with E-state index in [1.165, 1.54) is 45.3 Å². The lowest BCUT2D eigenvalue weighted by Crippen LogP contribution is -2.47. The van der Waals surface area contributed by atoms with Crippen molar-refractivity contribution < 1.29 is 5.11 Å². The van der Waals surface area contributed by atoms with Crippen LogP contribution in [0.4, 0.5) is 0 Å².